The van der Waals surface area contributed by atoms with Gasteiger partial charge in [0.1, 0.15) is 10.9 Å². The summed E-state index contributed by atoms with van der Waals surface area (Å²) < 4.78 is 11.4. The molecule has 0 unspecified atom stereocenters. The summed E-state index contributed by atoms with van der Waals surface area (Å²) in [6.45, 7) is 9.38. The molecule has 0 fully saturated rings. The van der Waals surface area contributed by atoms with Gasteiger partial charge in [-0.15, -0.1) is 0 Å². The molecule has 0 bridgehead atoms. The summed E-state index contributed by atoms with van der Waals surface area (Å²) in [5.74, 6) is -0.317. The van der Waals surface area contributed by atoms with Crippen molar-refractivity contribution in [2.45, 2.75) is 57.4 Å². The average molecular weight is 457 g/mol. The fraction of sp³-hybridized carbons (Fsp3) is 0.526. The number of nitrogens with one attached hydrogen (secondary N) is 1. The lowest BCUT2D eigenvalue weighted by molar-refractivity contribution is -0.142. The van der Waals surface area contributed by atoms with Gasteiger partial charge in [-0.2, -0.15) is 0 Å². The topological polar surface area (TPSA) is 77.0 Å². The van der Waals surface area contributed by atoms with Gasteiger partial charge in [-0.3, -0.25) is 15.1 Å². The molecule has 1 aromatic carbocycles. The number of esters is 1. The zero-order chi connectivity index (χ0) is 20.2. The molecule has 1 N–H and O–H groups in total. The van der Waals surface area contributed by atoms with Gasteiger partial charge in [-0.05, 0) is 58.7 Å². The van der Waals surface area contributed by atoms with Crippen LogP contribution in [0, 0.1) is 0 Å². The number of hydrogen-bond donors (Lipinski definition) is 1. The molecule has 1 aliphatic heterocycles. The maximum Gasteiger partial charge on any atom is 0.413 e. The van der Waals surface area contributed by atoms with Crippen molar-refractivity contribution < 1.29 is 19.1 Å². The zero-order valence-electron chi connectivity index (χ0n) is 16.2. The SMILES string of the molecule is CCOC(=O)[C@@H]1C[C@@](C)(c2cccc(Br)c2)N=C(NC(=O)OC(C)(C)C)S1. The molecule has 1 aliphatic rings. The first kappa shape index (κ1) is 21.8. The van der Waals surface area contributed by atoms with E-state index in [9.17, 15) is 9.59 Å². The quantitative estimate of drug-likeness (QED) is 0.671. The number of carbonyl (C=O) groups is 2. The van der Waals surface area contributed by atoms with E-state index in [0.717, 1.165) is 10.0 Å². The van der Waals surface area contributed by atoms with Crippen molar-refractivity contribution in [1.82, 2.24) is 5.32 Å². The van der Waals surface area contributed by atoms with Gasteiger partial charge >= 0.3 is 12.1 Å². The molecule has 0 aromatic heterocycles. The lowest BCUT2D eigenvalue weighted by Crippen LogP contribution is -2.42. The molecule has 1 amide bonds. The number of rotatable bonds is 3. The molecular weight excluding hydrogens is 432 g/mol. The normalized spacial score (nSPS) is 22.6. The Morgan fingerprint density at radius 2 is 2.11 bits per heavy atom. The van der Waals surface area contributed by atoms with Crippen molar-refractivity contribution in [3.05, 3.63) is 34.3 Å². The van der Waals surface area contributed by atoms with Crippen LogP contribution < -0.4 is 5.32 Å². The Balaban J connectivity index is 2.33. The number of thioether (sulfide) groups is 1. The summed E-state index contributed by atoms with van der Waals surface area (Å²) in [6, 6.07) is 7.77. The number of aliphatic imine (C=N–C) groups is 1. The largest absolute Gasteiger partial charge is 0.465 e. The summed E-state index contributed by atoms with van der Waals surface area (Å²) in [6.07, 6.45) is -0.137. The number of hydrogen-bond acceptors (Lipinski definition) is 6. The highest BCUT2D eigenvalue weighted by atomic mass is 79.9. The molecule has 8 heteroatoms. The van der Waals surface area contributed by atoms with Crippen LogP contribution in [0.3, 0.4) is 0 Å². The van der Waals surface area contributed by atoms with Gasteiger partial charge in [0.15, 0.2) is 5.17 Å². The van der Waals surface area contributed by atoms with Crippen molar-refractivity contribution in [3.8, 4) is 0 Å². The Morgan fingerprint density at radius 1 is 1.41 bits per heavy atom. The second-order valence-corrected chi connectivity index (χ2v) is 9.50. The fourth-order valence-electron chi connectivity index (χ4n) is 2.65. The van der Waals surface area contributed by atoms with E-state index >= 15 is 0 Å². The van der Waals surface area contributed by atoms with Crippen LogP contribution in [0.4, 0.5) is 4.79 Å². The van der Waals surface area contributed by atoms with Crippen LogP contribution in [-0.4, -0.2) is 34.7 Å². The number of amides is 1. The van der Waals surface area contributed by atoms with Crippen molar-refractivity contribution in [1.29, 1.82) is 0 Å². The molecule has 0 saturated carbocycles. The van der Waals surface area contributed by atoms with Crippen LogP contribution in [0.1, 0.15) is 46.6 Å². The summed E-state index contributed by atoms with van der Waals surface area (Å²) in [5.41, 5.74) is -0.371. The molecule has 2 atom stereocenters. The standard InChI is InChI=1S/C19H25BrN2O4S/c1-6-25-15(23)14-11-19(5,12-8-7-9-13(20)10-12)22-16(27-14)21-17(24)26-18(2,3)4/h7-10,14H,6,11H2,1-5H3,(H,21,22,24)/t14-,19-/m0/s1. The second kappa shape index (κ2) is 8.65. The molecule has 0 radical (unpaired) electrons. The van der Waals surface area contributed by atoms with Gasteiger partial charge in [-0.1, -0.05) is 39.8 Å². The number of nitrogens with zero attached hydrogens (tertiary/aromatic N) is 1. The number of halogens is 1. The number of carbonyl (C=O) groups excluding carboxylic acids is 2. The van der Waals surface area contributed by atoms with Gasteiger partial charge in [0, 0.05) is 4.47 Å². The highest BCUT2D eigenvalue weighted by molar-refractivity contribution is 9.10. The summed E-state index contributed by atoms with van der Waals surface area (Å²) in [4.78, 5) is 29.3. The third-order valence-corrected chi connectivity index (χ3v) is 5.34. The van der Waals surface area contributed by atoms with E-state index in [1.165, 1.54) is 11.8 Å². The Hall–Kier alpha value is -1.54. The van der Waals surface area contributed by atoms with E-state index in [1.807, 2.05) is 31.2 Å². The summed E-state index contributed by atoms with van der Waals surface area (Å²) in [7, 11) is 0. The zero-order valence-corrected chi connectivity index (χ0v) is 18.6. The molecule has 0 spiro atoms. The molecule has 27 heavy (non-hydrogen) atoms. The van der Waals surface area contributed by atoms with Crippen molar-refractivity contribution in [3.63, 3.8) is 0 Å². The molecule has 0 aliphatic carbocycles. The first-order valence-corrected chi connectivity index (χ1v) is 10.4. The van der Waals surface area contributed by atoms with Gasteiger partial charge in [0.2, 0.25) is 0 Å². The number of ether oxygens (including phenoxy) is 2. The molecule has 1 aromatic rings. The van der Waals surface area contributed by atoms with E-state index in [-0.39, 0.29) is 5.97 Å². The molecule has 0 saturated heterocycles. The van der Waals surface area contributed by atoms with E-state index < -0.39 is 22.5 Å². The minimum atomic E-state index is -0.684. The third-order valence-electron chi connectivity index (χ3n) is 3.79. The molecule has 6 nitrogen and oxygen atoms in total. The summed E-state index contributed by atoms with van der Waals surface area (Å²) >= 11 is 4.66. The fourth-order valence-corrected chi connectivity index (χ4v) is 4.29. The Morgan fingerprint density at radius 3 is 2.70 bits per heavy atom. The smallest absolute Gasteiger partial charge is 0.413 e. The molecular formula is C19H25BrN2O4S. The van der Waals surface area contributed by atoms with Crippen LogP contribution in [0.25, 0.3) is 0 Å². The molecule has 2 rings (SSSR count). The van der Waals surface area contributed by atoms with Crippen LogP contribution in [0.15, 0.2) is 33.7 Å². The minimum absolute atomic E-state index is 0.301. The lowest BCUT2D eigenvalue weighted by atomic mass is 9.87. The number of benzene rings is 1. The second-order valence-electron chi connectivity index (χ2n) is 7.39. The van der Waals surface area contributed by atoms with E-state index in [0.29, 0.717) is 18.2 Å². The Kier molecular flexibility index (Phi) is 6.97. The highest BCUT2D eigenvalue weighted by Gasteiger charge is 2.40. The van der Waals surface area contributed by atoms with E-state index in [2.05, 4.69) is 21.2 Å². The summed E-state index contributed by atoms with van der Waals surface area (Å²) in [5, 5.41) is 2.54. The van der Waals surface area contributed by atoms with Crippen LogP contribution >= 0.6 is 27.7 Å². The Labute approximate surface area is 172 Å². The van der Waals surface area contributed by atoms with Gasteiger partial charge in [0.25, 0.3) is 0 Å². The third kappa shape index (κ3) is 6.24. The van der Waals surface area contributed by atoms with Gasteiger partial charge in [-0.25, -0.2) is 4.79 Å². The van der Waals surface area contributed by atoms with Crippen molar-refractivity contribution in [2.24, 2.45) is 4.99 Å². The Bertz CT molecular complexity index is 747. The van der Waals surface area contributed by atoms with Crippen molar-refractivity contribution >= 4 is 44.9 Å². The van der Waals surface area contributed by atoms with E-state index in [4.69, 9.17) is 14.5 Å². The minimum Gasteiger partial charge on any atom is -0.465 e. The number of alkyl carbamates (subject to hydrolysis) is 1. The predicted molar refractivity (Wildman–Crippen MR) is 111 cm³/mol. The van der Waals surface area contributed by atoms with E-state index in [1.54, 1.807) is 27.7 Å². The monoisotopic (exact) mass is 456 g/mol. The number of amidine groups is 1. The van der Waals surface area contributed by atoms with Gasteiger partial charge in [0.05, 0.1) is 12.1 Å². The molecule has 148 valence electrons. The first-order valence-electron chi connectivity index (χ1n) is 8.71. The highest BCUT2D eigenvalue weighted by Crippen LogP contribution is 2.40. The van der Waals surface area contributed by atoms with Crippen LogP contribution in [0.5, 0.6) is 0 Å². The maximum absolute atomic E-state index is 12.4. The first-order chi connectivity index (χ1) is 12.5. The lowest BCUT2D eigenvalue weighted by Gasteiger charge is -2.34. The maximum atomic E-state index is 12.4. The van der Waals surface area contributed by atoms with Crippen LogP contribution in [0.2, 0.25) is 0 Å². The van der Waals surface area contributed by atoms with Gasteiger partial charge < -0.3 is 9.47 Å². The van der Waals surface area contributed by atoms with Crippen LogP contribution in [-0.2, 0) is 19.8 Å². The molecule has 1 heterocycles. The van der Waals surface area contributed by atoms with Crippen molar-refractivity contribution in [2.75, 3.05) is 6.61 Å². The average Bonchev–Trinajstić information content (AvgIpc) is 2.52. The predicted octanol–water partition coefficient (Wildman–Crippen LogP) is 4.61.